The summed E-state index contributed by atoms with van der Waals surface area (Å²) < 4.78 is 5.35. The average molecular weight is 382 g/mol. The number of thiophene rings is 1. The van der Waals surface area contributed by atoms with Crippen LogP contribution in [-0.2, 0) is 4.74 Å². The zero-order valence-electron chi connectivity index (χ0n) is 12.5. The molecule has 0 spiro atoms. The monoisotopic (exact) mass is 381 g/mol. The van der Waals surface area contributed by atoms with Crippen LogP contribution in [0, 0.1) is 6.57 Å². The lowest BCUT2D eigenvalue weighted by molar-refractivity contribution is 0.100. The molecule has 2 heterocycles. The molecule has 24 heavy (non-hydrogen) atoms. The van der Waals surface area contributed by atoms with Gasteiger partial charge in [-0.3, -0.25) is 4.79 Å². The molecule has 2 N–H and O–H groups in total. The molecule has 0 saturated carbocycles. The predicted octanol–water partition coefficient (Wildman–Crippen LogP) is 4.21. The van der Waals surface area contributed by atoms with Crippen LogP contribution in [0.4, 0.5) is 10.7 Å². The first-order chi connectivity index (χ1) is 11.5. The summed E-state index contributed by atoms with van der Waals surface area (Å²) >= 11 is 13.5. The van der Waals surface area contributed by atoms with Crippen molar-refractivity contribution < 1.29 is 9.53 Å². The largest absolute Gasteiger partial charge is 0.378 e. The van der Waals surface area contributed by atoms with E-state index in [1.54, 1.807) is 18.2 Å². The molecule has 8 heteroatoms. The summed E-state index contributed by atoms with van der Waals surface area (Å²) in [5.41, 5.74) is 7.00. The second-order valence-electron chi connectivity index (χ2n) is 5.16. The SMILES string of the molecule is [C-]#[N+]c1c(N2CCOCC2)sc(C(N)=O)c1-c1ccc(Cl)cc1Cl. The fourth-order valence-electron chi connectivity index (χ4n) is 2.61. The zero-order valence-corrected chi connectivity index (χ0v) is 14.8. The van der Waals surface area contributed by atoms with Gasteiger partial charge in [0.15, 0.2) is 0 Å². The lowest BCUT2D eigenvalue weighted by Gasteiger charge is -2.28. The van der Waals surface area contributed by atoms with Crippen LogP contribution in [0.15, 0.2) is 18.2 Å². The van der Waals surface area contributed by atoms with E-state index in [9.17, 15) is 4.79 Å². The number of carbonyl (C=O) groups excluding carboxylic acids is 1. The van der Waals surface area contributed by atoms with Crippen LogP contribution in [0.25, 0.3) is 16.0 Å². The van der Waals surface area contributed by atoms with Gasteiger partial charge in [0.1, 0.15) is 0 Å². The molecule has 0 aliphatic carbocycles. The second kappa shape index (κ2) is 6.99. The van der Waals surface area contributed by atoms with E-state index in [4.69, 9.17) is 40.2 Å². The summed E-state index contributed by atoms with van der Waals surface area (Å²) in [6.07, 6.45) is 0. The first-order valence-corrected chi connectivity index (χ1v) is 8.72. The summed E-state index contributed by atoms with van der Waals surface area (Å²) in [5.74, 6) is -0.578. The number of anilines is 1. The van der Waals surface area contributed by atoms with E-state index in [0.717, 1.165) is 5.00 Å². The molecule has 0 bridgehead atoms. The molecule has 1 aromatic heterocycles. The Kier molecular flexibility index (Phi) is 4.97. The van der Waals surface area contributed by atoms with Crippen molar-refractivity contribution in [1.82, 2.24) is 0 Å². The number of rotatable bonds is 3. The van der Waals surface area contributed by atoms with Gasteiger partial charge in [0, 0.05) is 28.7 Å². The molecule has 3 rings (SSSR count). The zero-order chi connectivity index (χ0) is 17.3. The van der Waals surface area contributed by atoms with Crippen molar-refractivity contribution in [3.8, 4) is 11.1 Å². The normalized spacial score (nSPS) is 14.5. The maximum absolute atomic E-state index is 12.0. The topological polar surface area (TPSA) is 59.9 Å². The van der Waals surface area contributed by atoms with E-state index in [1.165, 1.54) is 11.3 Å². The molecule has 2 aromatic rings. The third-order valence-corrected chi connectivity index (χ3v) is 5.50. The molecule has 1 aromatic carbocycles. The van der Waals surface area contributed by atoms with Crippen molar-refractivity contribution in [2.75, 3.05) is 31.2 Å². The summed E-state index contributed by atoms with van der Waals surface area (Å²) in [4.78, 5) is 18.0. The van der Waals surface area contributed by atoms with Crippen molar-refractivity contribution in [3.63, 3.8) is 0 Å². The number of nitrogens with zero attached hydrogens (tertiary/aromatic N) is 2. The van der Waals surface area contributed by atoms with Crippen molar-refractivity contribution in [3.05, 3.63) is 44.5 Å². The Morgan fingerprint density at radius 2 is 2.04 bits per heavy atom. The minimum absolute atomic E-state index is 0.326. The first-order valence-electron chi connectivity index (χ1n) is 7.15. The van der Waals surface area contributed by atoms with Crippen LogP contribution in [0.5, 0.6) is 0 Å². The van der Waals surface area contributed by atoms with Crippen molar-refractivity contribution >= 4 is 51.1 Å². The summed E-state index contributed by atoms with van der Waals surface area (Å²) in [6, 6.07) is 4.97. The third-order valence-electron chi connectivity index (χ3n) is 3.70. The number of primary amides is 1. The van der Waals surface area contributed by atoms with E-state index in [2.05, 4.69) is 4.85 Å². The van der Waals surface area contributed by atoms with Gasteiger partial charge >= 0.3 is 0 Å². The fourth-order valence-corrected chi connectivity index (χ4v) is 4.27. The summed E-state index contributed by atoms with van der Waals surface area (Å²) in [6.45, 7) is 10.1. The van der Waals surface area contributed by atoms with Crippen molar-refractivity contribution in [2.45, 2.75) is 0 Å². The lowest BCUT2D eigenvalue weighted by Crippen LogP contribution is -2.35. The number of hydrogen-bond donors (Lipinski definition) is 1. The highest BCUT2D eigenvalue weighted by Crippen LogP contribution is 2.50. The Morgan fingerprint density at radius 3 is 2.62 bits per heavy atom. The number of morpholine rings is 1. The second-order valence-corrected chi connectivity index (χ2v) is 7.00. The number of carbonyl (C=O) groups is 1. The highest BCUT2D eigenvalue weighted by atomic mass is 35.5. The maximum Gasteiger partial charge on any atom is 0.258 e. The number of benzene rings is 1. The molecule has 0 unspecified atom stereocenters. The van der Waals surface area contributed by atoms with Gasteiger partial charge in [-0.15, -0.1) is 11.3 Å². The van der Waals surface area contributed by atoms with E-state index < -0.39 is 5.91 Å². The van der Waals surface area contributed by atoms with Crippen LogP contribution in [-0.4, -0.2) is 32.2 Å². The Hall–Kier alpha value is -1.78. The van der Waals surface area contributed by atoms with Gasteiger partial charge in [0.25, 0.3) is 5.91 Å². The van der Waals surface area contributed by atoms with Crippen molar-refractivity contribution in [1.29, 1.82) is 0 Å². The highest BCUT2D eigenvalue weighted by Gasteiger charge is 2.28. The smallest absolute Gasteiger partial charge is 0.258 e. The predicted molar refractivity (Wildman–Crippen MR) is 97.6 cm³/mol. The average Bonchev–Trinajstić information content (AvgIpc) is 2.95. The molecule has 1 fully saturated rings. The first kappa shape index (κ1) is 17.1. The molecule has 5 nitrogen and oxygen atoms in total. The Morgan fingerprint density at radius 1 is 1.33 bits per heavy atom. The molecule has 1 amide bonds. The van der Waals surface area contributed by atoms with Crippen LogP contribution in [0.1, 0.15) is 9.67 Å². The minimum Gasteiger partial charge on any atom is -0.378 e. The van der Waals surface area contributed by atoms with E-state index in [-0.39, 0.29) is 0 Å². The van der Waals surface area contributed by atoms with Gasteiger partial charge in [-0.05, 0) is 17.7 Å². The highest BCUT2D eigenvalue weighted by molar-refractivity contribution is 7.19. The maximum atomic E-state index is 12.0. The number of ether oxygens (including phenoxy) is 1. The number of hydrogen-bond acceptors (Lipinski definition) is 4. The van der Waals surface area contributed by atoms with Crippen LogP contribution in [0.2, 0.25) is 10.0 Å². The van der Waals surface area contributed by atoms with Gasteiger partial charge < -0.3 is 15.4 Å². The standard InChI is InChI=1S/C16H13Cl2N3O2S/c1-20-13-12(10-3-2-9(17)8-11(10)18)14(15(19)22)24-16(13)21-4-6-23-7-5-21/h2-3,8H,4-7H2,(H2,19,22). The number of halogens is 2. The molecule has 1 aliphatic rings. The van der Waals surface area contributed by atoms with Gasteiger partial charge in [0.2, 0.25) is 5.69 Å². The minimum atomic E-state index is -0.578. The van der Waals surface area contributed by atoms with Crippen LogP contribution < -0.4 is 10.6 Å². The van der Waals surface area contributed by atoms with Gasteiger partial charge in [-0.2, -0.15) is 0 Å². The number of amides is 1. The summed E-state index contributed by atoms with van der Waals surface area (Å²) in [7, 11) is 0. The van der Waals surface area contributed by atoms with Crippen LogP contribution in [0.3, 0.4) is 0 Å². The van der Waals surface area contributed by atoms with E-state index >= 15 is 0 Å². The quantitative estimate of drug-likeness (QED) is 0.810. The Balaban J connectivity index is 2.22. The van der Waals surface area contributed by atoms with Gasteiger partial charge in [-0.25, -0.2) is 4.85 Å². The molecule has 0 radical (unpaired) electrons. The molecular weight excluding hydrogens is 369 g/mol. The molecule has 0 atom stereocenters. The summed E-state index contributed by atoms with van der Waals surface area (Å²) in [5, 5.41) is 1.58. The van der Waals surface area contributed by atoms with Gasteiger partial charge in [-0.1, -0.05) is 29.3 Å². The lowest BCUT2D eigenvalue weighted by atomic mass is 10.0. The fraction of sp³-hybridized carbons (Fsp3) is 0.250. The molecule has 1 aliphatic heterocycles. The molecular formula is C16H13Cl2N3O2S. The Labute approximate surface area is 153 Å². The van der Waals surface area contributed by atoms with E-state index in [1.807, 2.05) is 4.90 Å². The number of nitrogens with two attached hydrogens (primary N) is 1. The van der Waals surface area contributed by atoms with E-state index in [0.29, 0.717) is 58.0 Å². The third kappa shape index (κ3) is 3.08. The van der Waals surface area contributed by atoms with Crippen LogP contribution >= 0.6 is 34.5 Å². The molecule has 124 valence electrons. The Bertz CT molecular complexity index is 839. The van der Waals surface area contributed by atoms with Crippen molar-refractivity contribution in [2.24, 2.45) is 5.73 Å². The van der Waals surface area contributed by atoms with Gasteiger partial charge in [0.05, 0.1) is 29.7 Å². The molecule has 1 saturated heterocycles.